The van der Waals surface area contributed by atoms with Crippen molar-refractivity contribution in [1.29, 1.82) is 0 Å². The topological polar surface area (TPSA) is 139 Å². The summed E-state index contributed by atoms with van der Waals surface area (Å²) in [5.74, 6) is -1.85. The predicted molar refractivity (Wildman–Crippen MR) is 238 cm³/mol. The molecule has 0 aliphatic heterocycles. The number of hydrogen-bond donors (Lipinski definition) is 2. The molecule has 2 rings (SSSR count). The molecule has 0 fully saturated rings. The smallest absolute Gasteiger partial charge is 0.550 e. The van der Waals surface area contributed by atoms with Gasteiger partial charge in [-0.15, -0.1) is 0 Å². The van der Waals surface area contributed by atoms with Crippen molar-refractivity contribution < 1.29 is 39.5 Å². The normalized spacial score (nSPS) is 12.0. The molecule has 0 aromatic heterocycles. The van der Waals surface area contributed by atoms with Crippen molar-refractivity contribution >= 4 is 60.8 Å². The molecular weight excluding hydrogens is 866 g/mol. The van der Waals surface area contributed by atoms with Gasteiger partial charge in [-0.3, -0.25) is 0 Å². The minimum atomic E-state index is -0.925. The molecule has 0 amide bonds. The van der Waals surface area contributed by atoms with E-state index in [9.17, 15) is 19.8 Å². The van der Waals surface area contributed by atoms with Gasteiger partial charge in [0, 0.05) is 25.2 Å². The Morgan fingerprint density at radius 2 is 0.661 bits per heavy atom. The minimum Gasteiger partial charge on any atom is -0.550 e. The van der Waals surface area contributed by atoms with Crippen molar-refractivity contribution in [2.45, 2.75) is 218 Å². The summed E-state index contributed by atoms with van der Waals surface area (Å²) in [5, 5.41) is 38.7. The predicted octanol–water partition coefficient (Wildman–Crippen LogP) is 9.95. The number of unbranched alkanes of at least 4 members (excludes halogenated alkanes) is 20. The second-order valence-electron chi connectivity index (χ2n) is 16.2. The number of carboxylic acid groups (broad SMARTS) is 2. The average molecular weight is 949 g/mol. The Kier molecular flexibility index (Phi) is 43.9. The molecule has 0 bridgehead atoms. The summed E-state index contributed by atoms with van der Waals surface area (Å²) in [6, 6.07) is 20.7. The molecule has 59 heavy (non-hydrogen) atoms. The number of ether oxygens (including phenoxy) is 2. The summed E-state index contributed by atoms with van der Waals surface area (Å²) in [6.45, 7) is 1.88. The fraction of sp³-hybridized carbons (Fsp3) is 0.720. The molecule has 2 N–H and O–H groups in total. The first-order valence-electron chi connectivity index (χ1n) is 23.4. The summed E-state index contributed by atoms with van der Waals surface area (Å²) in [6.07, 6.45) is 32.5. The fourth-order valence-corrected chi connectivity index (χ4v) is 7.28. The fourth-order valence-electron chi connectivity index (χ4n) is 7.28. The summed E-state index contributed by atoms with van der Waals surface area (Å²) in [5.41, 5.74) is 2.44. The van der Waals surface area contributed by atoms with Gasteiger partial charge in [0.05, 0.1) is 25.4 Å². The third-order valence-corrected chi connectivity index (χ3v) is 10.8. The Balaban J connectivity index is 0.00000112. The van der Waals surface area contributed by atoms with Gasteiger partial charge in [0.2, 0.25) is 0 Å². The van der Waals surface area contributed by atoms with E-state index in [0.717, 1.165) is 89.9 Å². The molecule has 2 aromatic carbocycles. The van der Waals surface area contributed by atoms with Crippen LogP contribution in [0.25, 0.3) is 0 Å². The largest absolute Gasteiger partial charge is 2.00 e. The Labute approximate surface area is 400 Å². The average Bonchev–Trinajstić information content (AvgIpc) is 3.23. The van der Waals surface area contributed by atoms with Gasteiger partial charge in [-0.2, -0.15) is 0 Å². The van der Waals surface area contributed by atoms with Crippen molar-refractivity contribution in [3.05, 3.63) is 71.8 Å². The maximum absolute atomic E-state index is 10.3. The molecule has 0 spiro atoms. The van der Waals surface area contributed by atoms with Gasteiger partial charge in [0.1, 0.15) is 0 Å². The maximum atomic E-state index is 10.3. The number of carbonyl (C=O) groups is 2. The molecule has 9 heteroatoms. The van der Waals surface area contributed by atoms with E-state index in [1.54, 1.807) is 0 Å². The SMILES string of the molecule is O=C([O-])CCCCCCCCCCCCC(CCCCO)OCc1ccccc1.O=C([O-])CCCCCCCCCCCCC(CCCCO)OCc1ccccc1.[Ba+2]. The Morgan fingerprint density at radius 1 is 0.407 bits per heavy atom. The quantitative estimate of drug-likeness (QED) is 0.0498. The zero-order valence-electron chi connectivity index (χ0n) is 37.0. The van der Waals surface area contributed by atoms with Crippen LogP contribution in [0.5, 0.6) is 0 Å². The zero-order valence-corrected chi connectivity index (χ0v) is 41.5. The third kappa shape index (κ3) is 40.6. The van der Waals surface area contributed by atoms with Crippen LogP contribution >= 0.6 is 0 Å². The Morgan fingerprint density at radius 3 is 0.932 bits per heavy atom. The molecule has 8 nitrogen and oxygen atoms in total. The number of hydrogen-bond acceptors (Lipinski definition) is 8. The second-order valence-corrected chi connectivity index (χ2v) is 16.2. The molecule has 0 saturated carbocycles. The number of benzene rings is 2. The van der Waals surface area contributed by atoms with Crippen LogP contribution in [-0.4, -0.2) is 96.5 Å². The zero-order chi connectivity index (χ0) is 42.0. The van der Waals surface area contributed by atoms with E-state index in [0.29, 0.717) is 25.4 Å². The van der Waals surface area contributed by atoms with Crippen molar-refractivity contribution in [3.8, 4) is 0 Å². The summed E-state index contributed by atoms with van der Waals surface area (Å²) in [4.78, 5) is 20.7. The van der Waals surface area contributed by atoms with Gasteiger partial charge in [-0.1, -0.05) is 176 Å². The molecule has 332 valence electrons. The van der Waals surface area contributed by atoms with Crippen LogP contribution in [-0.2, 0) is 32.3 Å². The van der Waals surface area contributed by atoms with Crippen molar-refractivity contribution in [2.75, 3.05) is 13.2 Å². The number of aliphatic hydroxyl groups is 2. The van der Waals surface area contributed by atoms with Crippen LogP contribution in [0, 0.1) is 0 Å². The summed E-state index contributed by atoms with van der Waals surface area (Å²) >= 11 is 0. The van der Waals surface area contributed by atoms with E-state index >= 15 is 0 Å². The number of carboxylic acids is 2. The number of aliphatic carboxylic acids is 2. The molecule has 0 heterocycles. The number of carbonyl (C=O) groups excluding carboxylic acids is 2. The Hall–Kier alpha value is -1.21. The van der Waals surface area contributed by atoms with Gasteiger partial charge >= 0.3 is 48.9 Å². The Bertz CT molecular complexity index is 1080. The monoisotopic (exact) mass is 949 g/mol. The van der Waals surface area contributed by atoms with E-state index in [4.69, 9.17) is 19.7 Å². The molecule has 0 radical (unpaired) electrons. The molecule has 2 aromatic rings. The van der Waals surface area contributed by atoms with Crippen molar-refractivity contribution in [2.24, 2.45) is 0 Å². The van der Waals surface area contributed by atoms with Gasteiger partial charge in [-0.25, -0.2) is 0 Å². The van der Waals surface area contributed by atoms with Crippen LogP contribution in [0.15, 0.2) is 60.7 Å². The van der Waals surface area contributed by atoms with Crippen LogP contribution in [0.4, 0.5) is 0 Å². The second kappa shape index (κ2) is 44.8. The van der Waals surface area contributed by atoms with Gasteiger partial charge in [0.25, 0.3) is 0 Å². The summed E-state index contributed by atoms with van der Waals surface area (Å²) < 4.78 is 12.3. The number of rotatable bonds is 40. The van der Waals surface area contributed by atoms with Crippen LogP contribution in [0.1, 0.15) is 204 Å². The minimum absolute atomic E-state index is 0. The molecule has 0 aliphatic rings. The number of aliphatic hydroxyl groups excluding tert-OH is 2. The van der Waals surface area contributed by atoms with Gasteiger partial charge < -0.3 is 39.5 Å². The van der Waals surface area contributed by atoms with E-state index in [-0.39, 0.29) is 74.9 Å². The van der Waals surface area contributed by atoms with Crippen LogP contribution in [0.2, 0.25) is 0 Å². The third-order valence-electron chi connectivity index (χ3n) is 10.8. The van der Waals surface area contributed by atoms with Crippen molar-refractivity contribution in [3.63, 3.8) is 0 Å². The first-order chi connectivity index (χ1) is 28.4. The van der Waals surface area contributed by atoms with E-state index in [2.05, 4.69) is 24.3 Å². The standard InChI is InChI=1S/2C25H42O4.Ba/c2*26-21-15-14-19-24(29-22-23-16-10-9-11-17-23)18-12-7-5-3-1-2-4-6-8-13-20-25(27)28;/h2*9-11,16-17,24,26H,1-8,12-15,18-22H2,(H,27,28);/q;;+2/p-2. The van der Waals surface area contributed by atoms with Crippen LogP contribution in [0.3, 0.4) is 0 Å². The van der Waals surface area contributed by atoms with E-state index in [1.165, 1.54) is 101 Å². The molecule has 2 atom stereocenters. The van der Waals surface area contributed by atoms with Crippen LogP contribution < -0.4 is 10.2 Å². The molecule has 0 aliphatic carbocycles. The first-order valence-corrected chi connectivity index (χ1v) is 23.4. The molecule has 2 unspecified atom stereocenters. The first kappa shape index (κ1) is 57.8. The van der Waals surface area contributed by atoms with E-state index < -0.39 is 11.9 Å². The molecule has 0 saturated heterocycles. The summed E-state index contributed by atoms with van der Waals surface area (Å²) in [7, 11) is 0. The molecular formula is C50H82BaO8. The van der Waals surface area contributed by atoms with Crippen molar-refractivity contribution in [1.82, 2.24) is 0 Å². The van der Waals surface area contributed by atoms with E-state index in [1.807, 2.05) is 36.4 Å². The van der Waals surface area contributed by atoms with Gasteiger partial charge in [-0.05, 0) is 88.2 Å². The maximum Gasteiger partial charge on any atom is 2.00 e. The van der Waals surface area contributed by atoms with Gasteiger partial charge in [0.15, 0.2) is 0 Å².